The number of hydrogen-bond acceptors (Lipinski definition) is 3. The first kappa shape index (κ1) is 16.0. The monoisotopic (exact) mass is 279 g/mol. The molecule has 0 bridgehead atoms. The predicted molar refractivity (Wildman–Crippen MR) is 77.2 cm³/mol. The van der Waals surface area contributed by atoms with Crippen molar-refractivity contribution >= 4 is 17.6 Å². The highest BCUT2D eigenvalue weighted by molar-refractivity contribution is 5.77. The number of hydrogen-bond donors (Lipinski definition) is 2. The molecule has 0 saturated carbocycles. The third kappa shape index (κ3) is 3.98. The number of benzene rings is 1. The summed E-state index contributed by atoms with van der Waals surface area (Å²) in [6, 6.07) is 5.79. The van der Waals surface area contributed by atoms with Crippen molar-refractivity contribution in [2.24, 2.45) is 5.92 Å². The molecule has 0 amide bonds. The number of anilines is 1. The summed E-state index contributed by atoms with van der Waals surface area (Å²) in [5.74, 6) is -2.52. The number of aliphatic carboxylic acids is 2. The van der Waals surface area contributed by atoms with E-state index in [0.717, 1.165) is 23.2 Å². The molecule has 0 aliphatic rings. The van der Waals surface area contributed by atoms with Gasteiger partial charge in [0.2, 0.25) is 0 Å². The van der Waals surface area contributed by atoms with Crippen LogP contribution in [-0.2, 0) is 16.0 Å². The minimum Gasteiger partial charge on any atom is -0.481 e. The van der Waals surface area contributed by atoms with Gasteiger partial charge in [-0.15, -0.1) is 0 Å². The number of nitrogens with zero attached hydrogens (tertiary/aromatic N) is 1. The van der Waals surface area contributed by atoms with Gasteiger partial charge in [-0.05, 0) is 24.5 Å². The molecule has 0 saturated heterocycles. The number of rotatable bonds is 7. The lowest BCUT2D eigenvalue weighted by molar-refractivity contribution is -0.141. The van der Waals surface area contributed by atoms with Crippen LogP contribution in [0.3, 0.4) is 0 Å². The Kier molecular flexibility index (Phi) is 5.55. The van der Waals surface area contributed by atoms with Gasteiger partial charge in [0.25, 0.3) is 0 Å². The second-order valence-corrected chi connectivity index (χ2v) is 4.95. The molecule has 2 N–H and O–H groups in total. The third-order valence-corrected chi connectivity index (χ3v) is 3.26. The molecule has 1 atom stereocenters. The van der Waals surface area contributed by atoms with Crippen molar-refractivity contribution in [1.82, 2.24) is 0 Å². The van der Waals surface area contributed by atoms with E-state index in [9.17, 15) is 9.59 Å². The molecule has 5 heteroatoms. The molecule has 1 aromatic rings. The average Bonchev–Trinajstić information content (AvgIpc) is 2.36. The fourth-order valence-electron chi connectivity index (χ4n) is 2.26. The fourth-order valence-corrected chi connectivity index (χ4v) is 2.26. The van der Waals surface area contributed by atoms with Crippen LogP contribution < -0.4 is 4.90 Å². The highest BCUT2D eigenvalue weighted by Crippen LogP contribution is 2.26. The Bertz CT molecular complexity index is 499. The summed E-state index contributed by atoms with van der Waals surface area (Å²) in [5.41, 5.74) is 2.83. The highest BCUT2D eigenvalue weighted by Gasteiger charge is 2.21. The number of carboxylic acids is 2. The molecule has 110 valence electrons. The van der Waals surface area contributed by atoms with Crippen molar-refractivity contribution in [3.8, 4) is 0 Å². The second kappa shape index (κ2) is 6.93. The van der Waals surface area contributed by atoms with Crippen molar-refractivity contribution in [2.75, 3.05) is 18.0 Å². The van der Waals surface area contributed by atoms with Crippen molar-refractivity contribution < 1.29 is 19.8 Å². The summed E-state index contributed by atoms with van der Waals surface area (Å²) in [7, 11) is 0. The maximum absolute atomic E-state index is 11.1. The molecule has 0 spiro atoms. The van der Waals surface area contributed by atoms with Gasteiger partial charge in [-0.3, -0.25) is 9.59 Å². The maximum Gasteiger partial charge on any atom is 0.323 e. The quantitative estimate of drug-likeness (QED) is 0.799. The first-order chi connectivity index (χ1) is 9.36. The van der Waals surface area contributed by atoms with Gasteiger partial charge >= 0.3 is 11.9 Å². The van der Waals surface area contributed by atoms with Crippen molar-refractivity contribution in [3.63, 3.8) is 0 Å². The third-order valence-electron chi connectivity index (χ3n) is 3.26. The second-order valence-electron chi connectivity index (χ2n) is 4.95. The Morgan fingerprint density at radius 1 is 1.30 bits per heavy atom. The molecule has 0 radical (unpaired) electrons. The molecular formula is C15H21NO4. The first-order valence-corrected chi connectivity index (χ1v) is 6.64. The Morgan fingerprint density at radius 3 is 2.45 bits per heavy atom. The van der Waals surface area contributed by atoms with Crippen LogP contribution in [0.15, 0.2) is 18.2 Å². The van der Waals surface area contributed by atoms with Gasteiger partial charge in [-0.25, -0.2) is 0 Å². The van der Waals surface area contributed by atoms with Crippen LogP contribution in [0.25, 0.3) is 0 Å². The Labute approximate surface area is 118 Å². The van der Waals surface area contributed by atoms with E-state index in [4.69, 9.17) is 10.2 Å². The minimum atomic E-state index is -0.965. The lowest BCUT2D eigenvalue weighted by Gasteiger charge is -2.28. The van der Waals surface area contributed by atoms with E-state index in [-0.39, 0.29) is 13.1 Å². The molecule has 1 unspecified atom stereocenters. The normalized spacial score (nSPS) is 11.9. The van der Waals surface area contributed by atoms with Crippen LogP contribution in [0.4, 0.5) is 5.69 Å². The molecule has 0 aromatic heterocycles. The van der Waals surface area contributed by atoms with Crippen LogP contribution in [0.1, 0.15) is 25.0 Å². The largest absolute Gasteiger partial charge is 0.481 e. The summed E-state index contributed by atoms with van der Waals surface area (Å²) in [5, 5.41) is 18.1. The summed E-state index contributed by atoms with van der Waals surface area (Å²) >= 11 is 0. The lowest BCUT2D eigenvalue weighted by atomic mass is 10.0. The van der Waals surface area contributed by atoms with Gasteiger partial charge in [-0.2, -0.15) is 0 Å². The zero-order valence-electron chi connectivity index (χ0n) is 12.1. The van der Waals surface area contributed by atoms with Crippen LogP contribution >= 0.6 is 0 Å². The predicted octanol–water partition coefficient (Wildman–Crippen LogP) is 2.17. The zero-order valence-corrected chi connectivity index (χ0v) is 12.1. The smallest absolute Gasteiger partial charge is 0.323 e. The number of carboxylic acid groups (broad SMARTS) is 2. The molecule has 1 rings (SSSR count). The van der Waals surface area contributed by atoms with E-state index in [1.165, 1.54) is 0 Å². The zero-order chi connectivity index (χ0) is 15.3. The van der Waals surface area contributed by atoms with E-state index >= 15 is 0 Å². The molecule has 0 aliphatic carbocycles. The lowest BCUT2D eigenvalue weighted by Crippen LogP contribution is -2.36. The van der Waals surface area contributed by atoms with Crippen LogP contribution in [-0.4, -0.2) is 35.2 Å². The molecule has 0 fully saturated rings. The summed E-state index contributed by atoms with van der Waals surface area (Å²) in [6.45, 7) is 5.47. The van der Waals surface area contributed by atoms with Gasteiger partial charge in [-0.1, -0.05) is 32.0 Å². The minimum absolute atomic E-state index is 0.180. The van der Waals surface area contributed by atoms with E-state index in [1.54, 1.807) is 11.8 Å². The molecular weight excluding hydrogens is 258 g/mol. The standard InChI is InChI=1S/C15H21NO4/c1-4-12-7-5-6-10(2)14(12)16(9-13(17)18)8-11(3)15(19)20/h5-7,11H,4,8-9H2,1-3H3,(H,17,18)(H,19,20). The van der Waals surface area contributed by atoms with E-state index in [0.29, 0.717) is 0 Å². The fraction of sp³-hybridized carbons (Fsp3) is 0.467. The summed E-state index contributed by atoms with van der Waals surface area (Å²) < 4.78 is 0. The molecule has 0 aliphatic heterocycles. The molecule has 5 nitrogen and oxygen atoms in total. The van der Waals surface area contributed by atoms with Crippen molar-refractivity contribution in [3.05, 3.63) is 29.3 Å². The Hall–Kier alpha value is -2.04. The molecule has 20 heavy (non-hydrogen) atoms. The Morgan fingerprint density at radius 2 is 1.95 bits per heavy atom. The van der Waals surface area contributed by atoms with Crippen molar-refractivity contribution in [2.45, 2.75) is 27.2 Å². The number of carbonyl (C=O) groups is 2. The van der Waals surface area contributed by atoms with Crippen LogP contribution in [0.2, 0.25) is 0 Å². The van der Waals surface area contributed by atoms with E-state index in [1.807, 2.05) is 32.0 Å². The average molecular weight is 279 g/mol. The first-order valence-electron chi connectivity index (χ1n) is 6.64. The van der Waals surface area contributed by atoms with Gasteiger partial charge in [0.1, 0.15) is 6.54 Å². The summed E-state index contributed by atoms with van der Waals surface area (Å²) in [6.07, 6.45) is 0.772. The topological polar surface area (TPSA) is 77.8 Å². The molecule has 1 aromatic carbocycles. The van der Waals surface area contributed by atoms with Crippen LogP contribution in [0, 0.1) is 12.8 Å². The van der Waals surface area contributed by atoms with Crippen molar-refractivity contribution in [1.29, 1.82) is 0 Å². The Balaban J connectivity index is 3.16. The highest BCUT2D eigenvalue weighted by atomic mass is 16.4. The maximum atomic E-state index is 11.1. The number of aryl methyl sites for hydroxylation is 2. The van der Waals surface area contributed by atoms with Gasteiger partial charge < -0.3 is 15.1 Å². The number of para-hydroxylation sites is 1. The van der Waals surface area contributed by atoms with Gasteiger partial charge in [0, 0.05) is 12.2 Å². The summed E-state index contributed by atoms with van der Waals surface area (Å²) in [4.78, 5) is 23.7. The molecule has 0 heterocycles. The van der Waals surface area contributed by atoms with Gasteiger partial charge in [0.05, 0.1) is 5.92 Å². The van der Waals surface area contributed by atoms with Gasteiger partial charge in [0.15, 0.2) is 0 Å². The van der Waals surface area contributed by atoms with Crippen LogP contribution in [0.5, 0.6) is 0 Å². The van der Waals surface area contributed by atoms with E-state index in [2.05, 4.69) is 0 Å². The SMILES string of the molecule is CCc1cccc(C)c1N(CC(=O)O)CC(C)C(=O)O. The van der Waals surface area contributed by atoms with E-state index < -0.39 is 17.9 Å².